The summed E-state index contributed by atoms with van der Waals surface area (Å²) in [5, 5.41) is 0.637. The Labute approximate surface area is 119 Å². The molecule has 2 atom stereocenters. The van der Waals surface area contributed by atoms with Gasteiger partial charge in [0.1, 0.15) is 0 Å². The number of nitrogens with two attached hydrogens (primary N) is 1. The van der Waals surface area contributed by atoms with Crippen molar-refractivity contribution in [3.8, 4) is 0 Å². The van der Waals surface area contributed by atoms with Gasteiger partial charge in [0.2, 0.25) is 0 Å². The molecule has 2 unspecified atom stereocenters. The highest BCUT2D eigenvalue weighted by Gasteiger charge is 2.21. The summed E-state index contributed by atoms with van der Waals surface area (Å²) in [5.74, 6) is 3.77. The smallest absolute Gasteiger partial charge is 0.0293 e. The van der Waals surface area contributed by atoms with E-state index in [-0.39, 0.29) is 0 Å². The predicted molar refractivity (Wildman–Crippen MR) is 84.4 cm³/mol. The Bertz CT molecular complexity index is 322. The molecule has 1 aliphatic heterocycles. The number of hydrogen-bond donors (Lipinski definition) is 1. The average molecular weight is 365 g/mol. The summed E-state index contributed by atoms with van der Waals surface area (Å²) in [6, 6.07) is 9.01. The standard InChI is InChI=1S/C12H16INS2/c13-10-3-1-9(2-4-10)7-11(14)12-8-15-5-6-16-12/h1-4,11-12H,5-8,14H2. The van der Waals surface area contributed by atoms with Crippen molar-refractivity contribution in [2.45, 2.75) is 17.7 Å². The van der Waals surface area contributed by atoms with Crippen LogP contribution in [0.25, 0.3) is 0 Å². The van der Waals surface area contributed by atoms with Crippen LogP contribution in [0.5, 0.6) is 0 Å². The molecule has 88 valence electrons. The molecule has 1 saturated heterocycles. The van der Waals surface area contributed by atoms with Gasteiger partial charge in [-0.25, -0.2) is 0 Å². The lowest BCUT2D eigenvalue weighted by Crippen LogP contribution is -2.38. The first kappa shape index (κ1) is 13.1. The van der Waals surface area contributed by atoms with Crippen molar-refractivity contribution >= 4 is 46.1 Å². The van der Waals surface area contributed by atoms with Gasteiger partial charge in [-0.3, -0.25) is 0 Å². The SMILES string of the molecule is NC(Cc1ccc(I)cc1)C1CSCCS1. The fraction of sp³-hybridized carbons (Fsp3) is 0.500. The van der Waals surface area contributed by atoms with Gasteiger partial charge in [-0.2, -0.15) is 23.5 Å². The molecule has 1 nitrogen and oxygen atoms in total. The molecule has 0 radical (unpaired) electrons. The van der Waals surface area contributed by atoms with E-state index in [4.69, 9.17) is 5.73 Å². The van der Waals surface area contributed by atoms with Gasteiger partial charge in [0.05, 0.1) is 0 Å². The van der Waals surface area contributed by atoms with E-state index in [1.165, 1.54) is 26.4 Å². The van der Waals surface area contributed by atoms with E-state index in [1.807, 2.05) is 23.5 Å². The molecule has 1 fully saturated rings. The molecule has 1 aliphatic rings. The molecular weight excluding hydrogens is 349 g/mol. The Morgan fingerprint density at radius 3 is 2.69 bits per heavy atom. The molecule has 0 spiro atoms. The number of thioether (sulfide) groups is 2. The predicted octanol–water partition coefficient (Wildman–Crippen LogP) is 3.01. The first-order valence-corrected chi connectivity index (χ1v) is 8.73. The van der Waals surface area contributed by atoms with Gasteiger partial charge in [0, 0.05) is 32.1 Å². The topological polar surface area (TPSA) is 26.0 Å². The van der Waals surface area contributed by atoms with Crippen molar-refractivity contribution in [2.24, 2.45) is 5.73 Å². The van der Waals surface area contributed by atoms with Crippen LogP contribution in [-0.4, -0.2) is 28.6 Å². The van der Waals surface area contributed by atoms with Crippen LogP contribution in [0.4, 0.5) is 0 Å². The molecule has 2 N–H and O–H groups in total. The van der Waals surface area contributed by atoms with Gasteiger partial charge in [-0.1, -0.05) is 12.1 Å². The van der Waals surface area contributed by atoms with Gasteiger partial charge >= 0.3 is 0 Å². The molecule has 0 amide bonds. The highest BCUT2D eigenvalue weighted by molar-refractivity contribution is 14.1. The fourth-order valence-electron chi connectivity index (χ4n) is 1.78. The maximum absolute atomic E-state index is 6.28. The minimum Gasteiger partial charge on any atom is -0.326 e. The highest BCUT2D eigenvalue weighted by Crippen LogP contribution is 2.27. The molecule has 0 aromatic heterocycles. The third kappa shape index (κ3) is 3.82. The van der Waals surface area contributed by atoms with E-state index in [0.717, 1.165) is 6.42 Å². The van der Waals surface area contributed by atoms with Crippen molar-refractivity contribution in [2.75, 3.05) is 17.3 Å². The van der Waals surface area contributed by atoms with Gasteiger partial charge in [-0.15, -0.1) is 0 Å². The summed E-state index contributed by atoms with van der Waals surface area (Å²) >= 11 is 6.42. The average Bonchev–Trinajstić information content (AvgIpc) is 2.33. The third-order valence-electron chi connectivity index (χ3n) is 2.70. The lowest BCUT2D eigenvalue weighted by atomic mass is 10.0. The van der Waals surface area contributed by atoms with E-state index < -0.39 is 0 Å². The zero-order valence-electron chi connectivity index (χ0n) is 9.06. The Kier molecular flexibility index (Phi) is 5.32. The fourth-order valence-corrected chi connectivity index (χ4v) is 4.96. The zero-order chi connectivity index (χ0) is 11.4. The van der Waals surface area contributed by atoms with Crippen LogP contribution in [-0.2, 0) is 6.42 Å². The molecule has 0 bridgehead atoms. The van der Waals surface area contributed by atoms with Crippen LogP contribution in [0, 0.1) is 3.57 Å². The first-order chi connectivity index (χ1) is 7.75. The quantitative estimate of drug-likeness (QED) is 0.834. The second kappa shape index (κ2) is 6.52. The van der Waals surface area contributed by atoms with Crippen LogP contribution in [0.2, 0.25) is 0 Å². The van der Waals surface area contributed by atoms with Crippen molar-refractivity contribution in [1.82, 2.24) is 0 Å². The lowest BCUT2D eigenvalue weighted by Gasteiger charge is -2.26. The Morgan fingerprint density at radius 2 is 2.06 bits per heavy atom. The number of hydrogen-bond acceptors (Lipinski definition) is 3. The minimum absolute atomic E-state index is 0.304. The molecule has 2 rings (SSSR count). The number of benzene rings is 1. The molecule has 1 heterocycles. The van der Waals surface area contributed by atoms with Gasteiger partial charge in [0.15, 0.2) is 0 Å². The molecule has 1 aromatic carbocycles. The molecule has 1 aromatic rings. The largest absolute Gasteiger partial charge is 0.326 e. The van der Waals surface area contributed by atoms with Crippen LogP contribution in [0.15, 0.2) is 24.3 Å². The summed E-state index contributed by atoms with van der Waals surface area (Å²) in [5.41, 5.74) is 7.65. The summed E-state index contributed by atoms with van der Waals surface area (Å²) in [6.45, 7) is 0. The zero-order valence-corrected chi connectivity index (χ0v) is 12.9. The van der Waals surface area contributed by atoms with Gasteiger partial charge in [-0.05, 0) is 46.7 Å². The maximum atomic E-state index is 6.28. The Morgan fingerprint density at radius 1 is 1.31 bits per heavy atom. The van der Waals surface area contributed by atoms with Gasteiger partial charge < -0.3 is 5.73 Å². The van der Waals surface area contributed by atoms with Crippen LogP contribution >= 0.6 is 46.1 Å². The summed E-state index contributed by atoms with van der Waals surface area (Å²) in [4.78, 5) is 0. The highest BCUT2D eigenvalue weighted by atomic mass is 127. The van der Waals surface area contributed by atoms with E-state index in [2.05, 4.69) is 46.9 Å². The summed E-state index contributed by atoms with van der Waals surface area (Å²) in [6.07, 6.45) is 1.01. The molecular formula is C12H16INS2. The number of rotatable bonds is 3. The van der Waals surface area contributed by atoms with Crippen molar-refractivity contribution in [1.29, 1.82) is 0 Å². The third-order valence-corrected chi connectivity index (χ3v) is 6.36. The second-order valence-corrected chi connectivity index (χ2v) is 7.72. The molecule has 0 aliphatic carbocycles. The van der Waals surface area contributed by atoms with Crippen LogP contribution in [0.3, 0.4) is 0 Å². The molecule has 4 heteroatoms. The van der Waals surface area contributed by atoms with Gasteiger partial charge in [0.25, 0.3) is 0 Å². The summed E-state index contributed by atoms with van der Waals surface area (Å²) in [7, 11) is 0. The Hall–Kier alpha value is 0.610. The van der Waals surface area contributed by atoms with Crippen molar-refractivity contribution in [3.63, 3.8) is 0 Å². The molecule has 0 saturated carbocycles. The first-order valence-electron chi connectivity index (χ1n) is 5.45. The van der Waals surface area contributed by atoms with E-state index in [9.17, 15) is 0 Å². The van der Waals surface area contributed by atoms with Crippen LogP contribution in [0.1, 0.15) is 5.56 Å². The monoisotopic (exact) mass is 365 g/mol. The second-order valence-electron chi connectivity index (χ2n) is 3.98. The summed E-state index contributed by atoms with van der Waals surface area (Å²) < 4.78 is 1.29. The van der Waals surface area contributed by atoms with E-state index >= 15 is 0 Å². The van der Waals surface area contributed by atoms with Crippen LogP contribution < -0.4 is 5.73 Å². The normalized spacial score (nSPS) is 23.0. The lowest BCUT2D eigenvalue weighted by molar-refractivity contribution is 0.664. The minimum atomic E-state index is 0.304. The maximum Gasteiger partial charge on any atom is 0.0293 e. The van der Waals surface area contributed by atoms with E-state index in [0.29, 0.717) is 11.3 Å². The van der Waals surface area contributed by atoms with E-state index in [1.54, 1.807) is 0 Å². The molecule has 16 heavy (non-hydrogen) atoms. The van der Waals surface area contributed by atoms with Crippen molar-refractivity contribution in [3.05, 3.63) is 33.4 Å². The van der Waals surface area contributed by atoms with Crippen molar-refractivity contribution < 1.29 is 0 Å². The number of halogens is 1. The Balaban J connectivity index is 1.90.